The Hall–Kier alpha value is -2.38. The van der Waals surface area contributed by atoms with E-state index in [0.29, 0.717) is 24.4 Å². The Morgan fingerprint density at radius 2 is 1.89 bits per heavy atom. The molecule has 0 aliphatic carbocycles. The predicted molar refractivity (Wildman–Crippen MR) is 106 cm³/mol. The smallest absolute Gasteiger partial charge is 0.230 e. The molecule has 0 unspecified atom stereocenters. The fraction of sp³-hybridized carbons (Fsp3) is 0.500. The third kappa shape index (κ3) is 5.08. The third-order valence-corrected chi connectivity index (χ3v) is 5.06. The SMILES string of the molecule is c1cc(OCC2CCNCC2)nc(Nc2ccc(N3CCOCC3)cc2)n1. The average molecular weight is 369 g/mol. The Morgan fingerprint density at radius 1 is 1.11 bits per heavy atom. The molecule has 2 fully saturated rings. The van der Waals surface area contributed by atoms with Crippen molar-refractivity contribution in [2.75, 3.05) is 56.2 Å². The maximum Gasteiger partial charge on any atom is 0.230 e. The van der Waals surface area contributed by atoms with Crippen LogP contribution in [0.3, 0.4) is 0 Å². The van der Waals surface area contributed by atoms with Gasteiger partial charge < -0.3 is 25.0 Å². The van der Waals surface area contributed by atoms with Gasteiger partial charge in [0, 0.05) is 36.7 Å². The molecule has 2 aliphatic rings. The first-order valence-corrected chi connectivity index (χ1v) is 9.73. The molecule has 27 heavy (non-hydrogen) atoms. The van der Waals surface area contributed by atoms with E-state index in [0.717, 1.165) is 57.9 Å². The number of nitrogens with one attached hydrogen (secondary N) is 2. The van der Waals surface area contributed by atoms with Crippen molar-refractivity contribution >= 4 is 17.3 Å². The molecule has 0 radical (unpaired) electrons. The number of rotatable bonds is 6. The molecule has 7 nitrogen and oxygen atoms in total. The minimum Gasteiger partial charge on any atom is -0.477 e. The average Bonchev–Trinajstić information content (AvgIpc) is 2.75. The van der Waals surface area contributed by atoms with E-state index >= 15 is 0 Å². The highest BCUT2D eigenvalue weighted by Crippen LogP contribution is 2.21. The predicted octanol–water partition coefficient (Wildman–Crippen LogP) is 2.44. The van der Waals surface area contributed by atoms with Crippen molar-refractivity contribution in [3.05, 3.63) is 36.5 Å². The van der Waals surface area contributed by atoms with E-state index in [4.69, 9.17) is 9.47 Å². The van der Waals surface area contributed by atoms with Crippen molar-refractivity contribution in [1.29, 1.82) is 0 Å². The molecular weight excluding hydrogens is 342 g/mol. The van der Waals surface area contributed by atoms with E-state index in [1.807, 2.05) is 6.07 Å². The molecule has 0 amide bonds. The number of benzene rings is 1. The highest BCUT2D eigenvalue weighted by Gasteiger charge is 2.14. The van der Waals surface area contributed by atoms with E-state index in [1.54, 1.807) is 6.20 Å². The summed E-state index contributed by atoms with van der Waals surface area (Å²) in [6.45, 7) is 6.32. The van der Waals surface area contributed by atoms with Gasteiger partial charge in [-0.25, -0.2) is 4.98 Å². The van der Waals surface area contributed by atoms with Gasteiger partial charge in [0.2, 0.25) is 11.8 Å². The van der Waals surface area contributed by atoms with Gasteiger partial charge in [-0.1, -0.05) is 0 Å². The van der Waals surface area contributed by atoms with Crippen LogP contribution in [0, 0.1) is 5.92 Å². The van der Waals surface area contributed by atoms with E-state index in [9.17, 15) is 0 Å². The molecule has 2 N–H and O–H groups in total. The Bertz CT molecular complexity index is 713. The fourth-order valence-electron chi connectivity index (χ4n) is 3.44. The van der Waals surface area contributed by atoms with Crippen LogP contribution < -0.4 is 20.3 Å². The van der Waals surface area contributed by atoms with Crippen LogP contribution in [0.2, 0.25) is 0 Å². The largest absolute Gasteiger partial charge is 0.477 e. The minimum atomic E-state index is 0.553. The zero-order valence-corrected chi connectivity index (χ0v) is 15.6. The number of aromatic nitrogens is 2. The summed E-state index contributed by atoms with van der Waals surface area (Å²) in [5, 5.41) is 6.63. The molecule has 0 bridgehead atoms. The van der Waals surface area contributed by atoms with Crippen molar-refractivity contribution in [2.24, 2.45) is 5.92 Å². The Kier molecular flexibility index (Phi) is 6.01. The van der Waals surface area contributed by atoms with Crippen molar-refractivity contribution in [3.8, 4) is 5.88 Å². The summed E-state index contributed by atoms with van der Waals surface area (Å²) in [5.74, 6) is 1.78. The lowest BCUT2D eigenvalue weighted by Gasteiger charge is -2.28. The summed E-state index contributed by atoms with van der Waals surface area (Å²) in [6, 6.07) is 10.2. The molecule has 4 rings (SSSR count). The summed E-state index contributed by atoms with van der Waals surface area (Å²) >= 11 is 0. The van der Waals surface area contributed by atoms with Gasteiger partial charge in [0.1, 0.15) is 0 Å². The highest BCUT2D eigenvalue weighted by atomic mass is 16.5. The topological polar surface area (TPSA) is 71.5 Å². The molecule has 2 aliphatic heterocycles. The number of hydrogen-bond donors (Lipinski definition) is 2. The first kappa shape index (κ1) is 18.0. The lowest BCUT2D eigenvalue weighted by atomic mass is 9.99. The molecule has 1 aromatic carbocycles. The van der Waals surface area contributed by atoms with Crippen LogP contribution in [-0.2, 0) is 4.74 Å². The van der Waals surface area contributed by atoms with Crippen molar-refractivity contribution in [1.82, 2.24) is 15.3 Å². The van der Waals surface area contributed by atoms with Gasteiger partial charge >= 0.3 is 0 Å². The van der Waals surface area contributed by atoms with Gasteiger partial charge in [0.05, 0.1) is 19.8 Å². The van der Waals surface area contributed by atoms with Crippen LogP contribution in [0.5, 0.6) is 5.88 Å². The lowest BCUT2D eigenvalue weighted by molar-refractivity contribution is 0.122. The summed E-state index contributed by atoms with van der Waals surface area (Å²) in [6.07, 6.45) is 4.05. The van der Waals surface area contributed by atoms with Gasteiger partial charge in [0.15, 0.2) is 0 Å². The summed E-state index contributed by atoms with van der Waals surface area (Å²) in [4.78, 5) is 11.1. The summed E-state index contributed by atoms with van der Waals surface area (Å²) in [5.41, 5.74) is 2.17. The Balaban J connectivity index is 1.33. The summed E-state index contributed by atoms with van der Waals surface area (Å²) in [7, 11) is 0. The standard InChI is InChI=1S/C20H27N5O2/c1-3-18(25-11-13-26-14-12-25)4-2-17(1)23-20-22-10-7-19(24-20)27-15-16-5-8-21-9-6-16/h1-4,7,10,16,21H,5-6,8-9,11-15H2,(H,22,23,24). The molecule has 7 heteroatoms. The van der Waals surface area contributed by atoms with Crippen LogP contribution in [-0.4, -0.2) is 56.0 Å². The van der Waals surface area contributed by atoms with E-state index in [2.05, 4.69) is 49.8 Å². The molecule has 1 aromatic heterocycles. The van der Waals surface area contributed by atoms with Crippen molar-refractivity contribution < 1.29 is 9.47 Å². The quantitative estimate of drug-likeness (QED) is 0.810. The molecule has 2 saturated heterocycles. The fourth-order valence-corrected chi connectivity index (χ4v) is 3.44. The maximum atomic E-state index is 5.88. The first-order chi connectivity index (χ1) is 13.4. The van der Waals surface area contributed by atoms with Crippen LogP contribution in [0.25, 0.3) is 0 Å². The number of hydrogen-bond acceptors (Lipinski definition) is 7. The number of anilines is 3. The maximum absolute atomic E-state index is 5.88. The zero-order chi connectivity index (χ0) is 18.3. The molecule has 0 atom stereocenters. The molecule has 0 spiro atoms. The second-order valence-electron chi connectivity index (χ2n) is 6.99. The number of piperidine rings is 1. The van der Waals surface area contributed by atoms with Crippen molar-refractivity contribution in [3.63, 3.8) is 0 Å². The van der Waals surface area contributed by atoms with E-state index < -0.39 is 0 Å². The monoisotopic (exact) mass is 369 g/mol. The Morgan fingerprint density at radius 3 is 2.67 bits per heavy atom. The van der Waals surface area contributed by atoms with Crippen LogP contribution >= 0.6 is 0 Å². The minimum absolute atomic E-state index is 0.553. The first-order valence-electron chi connectivity index (χ1n) is 9.73. The Labute approximate surface area is 160 Å². The molecular formula is C20H27N5O2. The van der Waals surface area contributed by atoms with Crippen LogP contribution in [0.1, 0.15) is 12.8 Å². The van der Waals surface area contributed by atoms with Gasteiger partial charge in [-0.2, -0.15) is 4.98 Å². The van der Waals surface area contributed by atoms with Gasteiger partial charge in [-0.05, 0) is 56.1 Å². The number of nitrogens with zero attached hydrogens (tertiary/aromatic N) is 3. The molecule has 144 valence electrons. The van der Waals surface area contributed by atoms with Gasteiger partial charge in [-0.15, -0.1) is 0 Å². The third-order valence-electron chi connectivity index (χ3n) is 5.06. The molecule has 3 heterocycles. The number of ether oxygens (including phenoxy) is 2. The van der Waals surface area contributed by atoms with Crippen LogP contribution in [0.4, 0.5) is 17.3 Å². The van der Waals surface area contributed by atoms with Crippen molar-refractivity contribution in [2.45, 2.75) is 12.8 Å². The van der Waals surface area contributed by atoms with E-state index in [1.165, 1.54) is 5.69 Å². The second-order valence-corrected chi connectivity index (χ2v) is 6.99. The zero-order valence-electron chi connectivity index (χ0n) is 15.6. The summed E-state index contributed by atoms with van der Waals surface area (Å²) < 4.78 is 11.3. The second kappa shape index (κ2) is 9.01. The van der Waals surface area contributed by atoms with E-state index in [-0.39, 0.29) is 0 Å². The normalized spacial score (nSPS) is 18.3. The number of morpholine rings is 1. The van der Waals surface area contributed by atoms with Crippen LogP contribution in [0.15, 0.2) is 36.5 Å². The highest BCUT2D eigenvalue weighted by molar-refractivity contribution is 5.59. The molecule has 0 saturated carbocycles. The lowest BCUT2D eigenvalue weighted by Crippen LogP contribution is -2.36. The molecule has 2 aromatic rings. The van der Waals surface area contributed by atoms with Gasteiger partial charge in [0.25, 0.3) is 0 Å². The van der Waals surface area contributed by atoms with Gasteiger partial charge in [-0.3, -0.25) is 0 Å².